The summed E-state index contributed by atoms with van der Waals surface area (Å²) < 4.78 is 82.7. The molecule has 19 heavy (non-hydrogen) atoms. The minimum Gasteiger partial charge on any atom is -0.346 e. The first-order valence-corrected chi connectivity index (χ1v) is 5.43. The van der Waals surface area contributed by atoms with E-state index in [2.05, 4.69) is 4.74 Å². The molecule has 1 nitrogen and oxygen atoms in total. The van der Waals surface area contributed by atoms with Crippen molar-refractivity contribution >= 4 is 0 Å². The van der Waals surface area contributed by atoms with Crippen LogP contribution in [0.1, 0.15) is 29.7 Å². The maximum absolute atomic E-state index is 13.1. The summed E-state index contributed by atoms with van der Waals surface area (Å²) in [5, 5.41) is 0. The number of aryl methyl sites for hydroxylation is 1. The van der Waals surface area contributed by atoms with E-state index in [4.69, 9.17) is 0 Å². The van der Waals surface area contributed by atoms with Crippen LogP contribution in [0.15, 0.2) is 18.2 Å². The van der Waals surface area contributed by atoms with Gasteiger partial charge >= 0.3 is 12.4 Å². The minimum absolute atomic E-state index is 0.0831. The van der Waals surface area contributed by atoms with Crippen LogP contribution in [-0.2, 0) is 10.3 Å². The summed E-state index contributed by atoms with van der Waals surface area (Å²) in [5.41, 5.74) is -4.87. The van der Waals surface area contributed by atoms with Crippen LogP contribution in [0.25, 0.3) is 0 Å². The molecule has 0 radical (unpaired) electrons. The van der Waals surface area contributed by atoms with Gasteiger partial charge in [-0.3, -0.25) is 0 Å². The van der Waals surface area contributed by atoms with Gasteiger partial charge in [0.15, 0.2) is 0 Å². The summed E-state index contributed by atoms with van der Waals surface area (Å²) in [6, 6.07) is 3.59. The van der Waals surface area contributed by atoms with Gasteiger partial charge in [0.1, 0.15) is 0 Å². The van der Waals surface area contributed by atoms with Crippen molar-refractivity contribution in [3.8, 4) is 0 Å². The Bertz CT molecular complexity index is 488. The van der Waals surface area contributed by atoms with Crippen molar-refractivity contribution in [2.24, 2.45) is 0 Å². The van der Waals surface area contributed by atoms with Crippen LogP contribution in [-0.4, -0.2) is 12.4 Å². The van der Waals surface area contributed by atoms with Gasteiger partial charge in [0.25, 0.3) is 5.60 Å². The third-order valence-corrected chi connectivity index (χ3v) is 3.18. The van der Waals surface area contributed by atoms with E-state index >= 15 is 0 Å². The molecule has 0 N–H and O–H groups in total. The van der Waals surface area contributed by atoms with E-state index in [0.29, 0.717) is 5.56 Å². The molecule has 1 aliphatic heterocycles. The lowest BCUT2D eigenvalue weighted by molar-refractivity contribution is -0.390. The molecule has 7 heteroatoms. The smallest absolute Gasteiger partial charge is 0.346 e. The molecule has 0 fully saturated rings. The summed E-state index contributed by atoms with van der Waals surface area (Å²) >= 11 is 0. The zero-order chi connectivity index (χ0) is 14.6. The molecule has 0 saturated heterocycles. The standard InChI is InChI=1S/C12H10F6O/c1-6-3-4-8-7(2)19-10(9(8)5-6,11(13,14)15)12(16,17)18/h3-5,7H,1-2H3/t7-/m0/s1. The van der Waals surface area contributed by atoms with E-state index in [1.165, 1.54) is 26.0 Å². The molecule has 2 rings (SSSR count). The van der Waals surface area contributed by atoms with E-state index in [0.717, 1.165) is 6.07 Å². The third kappa shape index (κ3) is 1.82. The number of hydrogen-bond donors (Lipinski definition) is 0. The topological polar surface area (TPSA) is 9.23 Å². The summed E-state index contributed by atoms with van der Waals surface area (Å²) in [5.74, 6) is 0. The van der Waals surface area contributed by atoms with Crippen LogP contribution in [0.4, 0.5) is 26.3 Å². The predicted octanol–water partition coefficient (Wildman–Crippen LogP) is 4.41. The fourth-order valence-corrected chi connectivity index (χ4v) is 2.32. The molecule has 1 heterocycles. The number of halogens is 6. The summed E-state index contributed by atoms with van der Waals surface area (Å²) in [7, 11) is 0. The Balaban J connectivity index is 2.78. The van der Waals surface area contributed by atoms with Gasteiger partial charge < -0.3 is 4.74 Å². The van der Waals surface area contributed by atoms with Crippen molar-refractivity contribution in [3.05, 3.63) is 34.9 Å². The van der Waals surface area contributed by atoms with Crippen molar-refractivity contribution in [1.29, 1.82) is 0 Å². The molecule has 0 unspecified atom stereocenters. The average molecular weight is 284 g/mol. The third-order valence-electron chi connectivity index (χ3n) is 3.18. The second-order valence-corrected chi connectivity index (χ2v) is 4.53. The maximum Gasteiger partial charge on any atom is 0.430 e. The largest absolute Gasteiger partial charge is 0.430 e. The Morgan fingerprint density at radius 2 is 1.58 bits per heavy atom. The van der Waals surface area contributed by atoms with Gasteiger partial charge in [0.05, 0.1) is 6.10 Å². The molecule has 0 bridgehead atoms. The molecular formula is C12H10F6O. The van der Waals surface area contributed by atoms with Gasteiger partial charge in [-0.05, 0) is 19.4 Å². The van der Waals surface area contributed by atoms with Crippen molar-refractivity contribution in [3.63, 3.8) is 0 Å². The zero-order valence-electron chi connectivity index (χ0n) is 9.99. The van der Waals surface area contributed by atoms with Gasteiger partial charge in [0, 0.05) is 5.56 Å². The SMILES string of the molecule is Cc1ccc2c(c1)C(C(F)(F)F)(C(F)(F)F)O[C@H]2C. The Morgan fingerprint density at radius 1 is 1.05 bits per heavy atom. The number of benzene rings is 1. The molecule has 1 aliphatic rings. The lowest BCUT2D eigenvalue weighted by Crippen LogP contribution is -2.54. The highest BCUT2D eigenvalue weighted by Crippen LogP contribution is 2.59. The monoisotopic (exact) mass is 284 g/mol. The molecule has 0 aliphatic carbocycles. The van der Waals surface area contributed by atoms with Crippen LogP contribution in [0, 0.1) is 6.92 Å². The molecule has 0 amide bonds. The Morgan fingerprint density at radius 3 is 2.05 bits per heavy atom. The Hall–Kier alpha value is -1.24. The van der Waals surface area contributed by atoms with Crippen LogP contribution in [0.3, 0.4) is 0 Å². The van der Waals surface area contributed by atoms with Gasteiger partial charge in [0.2, 0.25) is 0 Å². The molecule has 0 aromatic heterocycles. The van der Waals surface area contributed by atoms with Crippen molar-refractivity contribution < 1.29 is 31.1 Å². The van der Waals surface area contributed by atoms with Gasteiger partial charge in [-0.1, -0.05) is 23.8 Å². The first-order valence-electron chi connectivity index (χ1n) is 5.43. The van der Waals surface area contributed by atoms with E-state index in [1.54, 1.807) is 0 Å². The summed E-state index contributed by atoms with van der Waals surface area (Å²) in [4.78, 5) is 0. The molecular weight excluding hydrogens is 274 g/mol. The van der Waals surface area contributed by atoms with Gasteiger partial charge in [-0.25, -0.2) is 0 Å². The minimum atomic E-state index is -5.57. The number of hydrogen-bond acceptors (Lipinski definition) is 1. The molecule has 1 atom stereocenters. The number of rotatable bonds is 0. The fourth-order valence-electron chi connectivity index (χ4n) is 2.32. The first-order chi connectivity index (χ1) is 8.50. The Labute approximate surface area is 105 Å². The fraction of sp³-hybridized carbons (Fsp3) is 0.500. The van der Waals surface area contributed by atoms with E-state index in [9.17, 15) is 26.3 Å². The normalized spacial score (nSPS) is 22.4. The maximum atomic E-state index is 13.1. The van der Waals surface area contributed by atoms with E-state index in [-0.39, 0.29) is 5.56 Å². The lowest BCUT2D eigenvalue weighted by atomic mass is 9.89. The van der Waals surface area contributed by atoms with Crippen LogP contribution < -0.4 is 0 Å². The summed E-state index contributed by atoms with van der Waals surface area (Å²) in [6.07, 6.45) is -12.4. The molecule has 1 aromatic rings. The second-order valence-electron chi connectivity index (χ2n) is 4.53. The van der Waals surface area contributed by atoms with E-state index < -0.39 is 29.6 Å². The van der Waals surface area contributed by atoms with Crippen molar-refractivity contribution in [1.82, 2.24) is 0 Å². The predicted molar refractivity (Wildman–Crippen MR) is 54.5 cm³/mol. The van der Waals surface area contributed by atoms with E-state index in [1.807, 2.05) is 0 Å². The number of ether oxygens (including phenoxy) is 1. The van der Waals surface area contributed by atoms with Crippen LogP contribution in [0.5, 0.6) is 0 Å². The highest BCUT2D eigenvalue weighted by molar-refractivity contribution is 5.43. The Kier molecular flexibility index (Phi) is 2.89. The molecule has 106 valence electrons. The summed E-state index contributed by atoms with van der Waals surface area (Å²) in [6.45, 7) is 2.61. The molecule has 1 aromatic carbocycles. The zero-order valence-corrected chi connectivity index (χ0v) is 9.99. The second kappa shape index (κ2) is 3.88. The van der Waals surface area contributed by atoms with Crippen LogP contribution >= 0.6 is 0 Å². The average Bonchev–Trinajstić information content (AvgIpc) is 2.51. The number of fused-ring (bicyclic) bond motifs is 1. The van der Waals surface area contributed by atoms with Crippen LogP contribution in [0.2, 0.25) is 0 Å². The van der Waals surface area contributed by atoms with Gasteiger partial charge in [-0.15, -0.1) is 0 Å². The first kappa shape index (κ1) is 14.2. The van der Waals surface area contributed by atoms with Crippen molar-refractivity contribution in [2.45, 2.75) is 37.9 Å². The van der Waals surface area contributed by atoms with Crippen molar-refractivity contribution in [2.75, 3.05) is 0 Å². The highest BCUT2D eigenvalue weighted by atomic mass is 19.4. The number of alkyl halides is 6. The quantitative estimate of drug-likeness (QED) is 0.641. The molecule has 0 spiro atoms. The molecule has 0 saturated carbocycles. The van der Waals surface area contributed by atoms with Gasteiger partial charge in [-0.2, -0.15) is 26.3 Å². The highest BCUT2D eigenvalue weighted by Gasteiger charge is 2.76. The lowest BCUT2D eigenvalue weighted by Gasteiger charge is -2.34.